The van der Waals surface area contributed by atoms with Gasteiger partial charge in [0.25, 0.3) is 0 Å². The van der Waals surface area contributed by atoms with Crippen molar-refractivity contribution in [1.29, 1.82) is 0 Å². The van der Waals surface area contributed by atoms with Crippen LogP contribution in [0.4, 0.5) is 0 Å². The van der Waals surface area contributed by atoms with E-state index in [4.69, 9.17) is 0 Å². The largest absolute Gasteiger partial charge is 0.314 e. The fraction of sp³-hybridized carbons (Fsp3) is 1.00. The Kier molecular flexibility index (Phi) is 6.20. The maximum absolute atomic E-state index is 12.2. The number of hydrogen-bond acceptors (Lipinski definition) is 3. The van der Waals surface area contributed by atoms with Gasteiger partial charge in [0.05, 0.1) is 5.75 Å². The van der Waals surface area contributed by atoms with Gasteiger partial charge in [-0.1, -0.05) is 19.3 Å². The Morgan fingerprint density at radius 2 is 1.65 bits per heavy atom. The highest BCUT2D eigenvalue weighted by molar-refractivity contribution is 7.89. The first-order valence-electron chi connectivity index (χ1n) is 6.37. The van der Waals surface area contributed by atoms with Crippen molar-refractivity contribution in [2.24, 2.45) is 5.92 Å². The fourth-order valence-electron chi connectivity index (χ4n) is 2.68. The van der Waals surface area contributed by atoms with Gasteiger partial charge in [0, 0.05) is 26.2 Å². The van der Waals surface area contributed by atoms with Crippen molar-refractivity contribution in [3.05, 3.63) is 0 Å². The van der Waals surface area contributed by atoms with Crippen molar-refractivity contribution < 1.29 is 8.42 Å². The zero-order valence-electron chi connectivity index (χ0n) is 10.2. The number of rotatable bonds is 3. The second kappa shape index (κ2) is 6.92. The summed E-state index contributed by atoms with van der Waals surface area (Å²) in [5.74, 6) is 0.793. The predicted octanol–water partition coefficient (Wildman–Crippen LogP) is 1.22. The molecular weight excluding hydrogens is 260 g/mol. The maximum Gasteiger partial charge on any atom is 0.214 e. The Bertz CT molecular complexity index is 309. The molecule has 4 nitrogen and oxygen atoms in total. The summed E-state index contributed by atoms with van der Waals surface area (Å²) in [5.41, 5.74) is 0. The Labute approximate surface area is 111 Å². The molecule has 0 aromatic heterocycles. The van der Waals surface area contributed by atoms with Gasteiger partial charge in [0.1, 0.15) is 0 Å². The van der Waals surface area contributed by atoms with Crippen LogP contribution in [0.5, 0.6) is 0 Å². The summed E-state index contributed by atoms with van der Waals surface area (Å²) in [5, 5.41) is 3.18. The molecule has 2 rings (SSSR count). The molecule has 102 valence electrons. The van der Waals surface area contributed by atoms with Gasteiger partial charge in [-0.25, -0.2) is 8.42 Å². The Morgan fingerprint density at radius 3 is 2.24 bits per heavy atom. The van der Waals surface area contributed by atoms with E-state index in [0.717, 1.165) is 25.9 Å². The minimum Gasteiger partial charge on any atom is -0.314 e. The minimum absolute atomic E-state index is 0. The number of sulfonamides is 1. The quantitative estimate of drug-likeness (QED) is 0.847. The van der Waals surface area contributed by atoms with E-state index in [-0.39, 0.29) is 12.4 Å². The molecule has 0 aromatic carbocycles. The Morgan fingerprint density at radius 1 is 1.06 bits per heavy atom. The average molecular weight is 283 g/mol. The van der Waals surface area contributed by atoms with Crippen molar-refractivity contribution in [3.63, 3.8) is 0 Å². The summed E-state index contributed by atoms with van der Waals surface area (Å²) in [6, 6.07) is 0. The lowest BCUT2D eigenvalue weighted by Crippen LogP contribution is -2.47. The highest BCUT2D eigenvalue weighted by Gasteiger charge is 2.27. The van der Waals surface area contributed by atoms with E-state index in [1.54, 1.807) is 4.31 Å². The van der Waals surface area contributed by atoms with E-state index in [0.29, 0.717) is 24.8 Å². The van der Waals surface area contributed by atoms with Crippen molar-refractivity contribution in [2.45, 2.75) is 32.1 Å². The highest BCUT2D eigenvalue weighted by Crippen LogP contribution is 2.25. The van der Waals surface area contributed by atoms with E-state index in [2.05, 4.69) is 5.32 Å². The monoisotopic (exact) mass is 282 g/mol. The number of piperazine rings is 1. The number of nitrogens with zero attached hydrogens (tertiary/aromatic N) is 1. The summed E-state index contributed by atoms with van der Waals surface area (Å²) in [7, 11) is -2.99. The second-order valence-corrected chi connectivity index (χ2v) is 6.95. The van der Waals surface area contributed by atoms with Crippen LogP contribution in [0.2, 0.25) is 0 Å². The maximum atomic E-state index is 12.2. The van der Waals surface area contributed by atoms with Crippen LogP contribution in [0.1, 0.15) is 32.1 Å². The van der Waals surface area contributed by atoms with Gasteiger partial charge < -0.3 is 5.32 Å². The first kappa shape index (κ1) is 15.2. The molecule has 0 amide bonds. The van der Waals surface area contributed by atoms with E-state index in [1.165, 1.54) is 19.3 Å². The third kappa shape index (κ3) is 4.39. The summed E-state index contributed by atoms with van der Waals surface area (Å²) >= 11 is 0. The van der Waals surface area contributed by atoms with Gasteiger partial charge in [-0.05, 0) is 18.8 Å². The minimum atomic E-state index is -2.99. The Balaban J connectivity index is 0.00000144. The van der Waals surface area contributed by atoms with Crippen molar-refractivity contribution in [3.8, 4) is 0 Å². The topological polar surface area (TPSA) is 49.4 Å². The fourth-order valence-corrected chi connectivity index (χ4v) is 4.56. The molecule has 2 fully saturated rings. The number of nitrogens with one attached hydrogen (secondary N) is 1. The summed E-state index contributed by atoms with van der Waals surface area (Å²) < 4.78 is 26.0. The molecule has 0 unspecified atom stereocenters. The van der Waals surface area contributed by atoms with Gasteiger partial charge in [-0.2, -0.15) is 4.31 Å². The standard InChI is InChI=1S/C11H22N2O2S.ClH/c14-16(15,13-8-6-12-7-9-13)10-11-4-2-1-3-5-11;/h11-12H,1-10H2;1H. The van der Waals surface area contributed by atoms with Crippen LogP contribution < -0.4 is 5.32 Å². The van der Waals surface area contributed by atoms with Crippen molar-refractivity contribution in [1.82, 2.24) is 9.62 Å². The first-order valence-corrected chi connectivity index (χ1v) is 7.98. The van der Waals surface area contributed by atoms with Gasteiger partial charge in [-0.3, -0.25) is 0 Å². The molecule has 0 bridgehead atoms. The molecule has 1 aliphatic carbocycles. The van der Waals surface area contributed by atoms with Crippen LogP contribution in [0.25, 0.3) is 0 Å². The van der Waals surface area contributed by atoms with Crippen LogP contribution in [-0.4, -0.2) is 44.7 Å². The lowest BCUT2D eigenvalue weighted by molar-refractivity contribution is 0.342. The molecule has 0 spiro atoms. The summed E-state index contributed by atoms with van der Waals surface area (Å²) in [6.07, 6.45) is 5.91. The van der Waals surface area contributed by atoms with E-state index < -0.39 is 10.0 Å². The molecule has 1 saturated heterocycles. The van der Waals surface area contributed by atoms with E-state index >= 15 is 0 Å². The zero-order chi connectivity index (χ0) is 11.4. The summed E-state index contributed by atoms with van der Waals surface area (Å²) in [6.45, 7) is 2.89. The van der Waals surface area contributed by atoms with Gasteiger partial charge in [0.15, 0.2) is 0 Å². The smallest absolute Gasteiger partial charge is 0.214 e. The number of hydrogen-bond donors (Lipinski definition) is 1. The molecule has 0 aromatic rings. The lowest BCUT2D eigenvalue weighted by Gasteiger charge is -2.29. The third-order valence-electron chi connectivity index (χ3n) is 3.64. The van der Waals surface area contributed by atoms with Crippen LogP contribution in [-0.2, 0) is 10.0 Å². The van der Waals surface area contributed by atoms with Crippen LogP contribution in [0, 0.1) is 5.92 Å². The molecule has 2 aliphatic rings. The zero-order valence-corrected chi connectivity index (χ0v) is 11.9. The SMILES string of the molecule is Cl.O=S(=O)(CC1CCCCC1)N1CCNCC1. The molecule has 1 heterocycles. The van der Waals surface area contributed by atoms with Crippen LogP contribution in [0.15, 0.2) is 0 Å². The van der Waals surface area contributed by atoms with Crippen LogP contribution >= 0.6 is 12.4 Å². The number of halogens is 1. The van der Waals surface area contributed by atoms with Gasteiger partial charge in [0.2, 0.25) is 10.0 Å². The van der Waals surface area contributed by atoms with Gasteiger partial charge in [-0.15, -0.1) is 12.4 Å². The Hall–Kier alpha value is 0.160. The summed E-state index contributed by atoms with van der Waals surface area (Å²) in [4.78, 5) is 0. The predicted molar refractivity (Wildman–Crippen MR) is 72.1 cm³/mol. The molecule has 1 aliphatic heterocycles. The van der Waals surface area contributed by atoms with Gasteiger partial charge >= 0.3 is 0 Å². The highest BCUT2D eigenvalue weighted by atomic mass is 35.5. The molecule has 17 heavy (non-hydrogen) atoms. The third-order valence-corrected chi connectivity index (χ3v) is 5.68. The van der Waals surface area contributed by atoms with E-state index in [1.807, 2.05) is 0 Å². The van der Waals surface area contributed by atoms with E-state index in [9.17, 15) is 8.42 Å². The normalized spacial score (nSPS) is 24.2. The molecule has 1 N–H and O–H groups in total. The molecule has 0 radical (unpaired) electrons. The molecule has 1 saturated carbocycles. The average Bonchev–Trinajstić information content (AvgIpc) is 2.31. The first-order chi connectivity index (χ1) is 7.68. The lowest BCUT2D eigenvalue weighted by atomic mass is 9.91. The van der Waals surface area contributed by atoms with Crippen molar-refractivity contribution >= 4 is 22.4 Å². The molecule has 0 atom stereocenters. The van der Waals surface area contributed by atoms with Crippen LogP contribution in [0.3, 0.4) is 0 Å². The molecular formula is C11H23ClN2O2S. The molecule has 6 heteroatoms. The van der Waals surface area contributed by atoms with Crippen molar-refractivity contribution in [2.75, 3.05) is 31.9 Å². The second-order valence-electron chi connectivity index (χ2n) is 4.93.